The van der Waals surface area contributed by atoms with E-state index in [0.717, 1.165) is 9.10 Å². The third kappa shape index (κ3) is 2.62. The van der Waals surface area contributed by atoms with Crippen molar-refractivity contribution in [2.45, 2.75) is 9.10 Å². The number of halogens is 1. The highest BCUT2D eigenvalue weighted by molar-refractivity contribution is 8.01. The summed E-state index contributed by atoms with van der Waals surface area (Å²) >= 11 is 2.79. The smallest absolute Gasteiger partial charge is 0.336 e. The molecule has 2 rings (SSSR count). The summed E-state index contributed by atoms with van der Waals surface area (Å²) in [5.74, 6) is -1.20. The average Bonchev–Trinajstić information content (AvgIpc) is 2.70. The van der Waals surface area contributed by atoms with Crippen molar-refractivity contribution in [3.05, 3.63) is 47.1 Å². The highest BCUT2D eigenvalue weighted by Crippen LogP contribution is 2.32. The van der Waals surface area contributed by atoms with Gasteiger partial charge in [0.25, 0.3) is 0 Å². The fourth-order valence-corrected chi connectivity index (χ4v) is 3.02. The van der Waals surface area contributed by atoms with Gasteiger partial charge in [0.15, 0.2) is 0 Å². The Bertz CT molecular complexity index is 505. The van der Waals surface area contributed by atoms with Crippen molar-refractivity contribution in [3.63, 3.8) is 0 Å². The average molecular weight is 254 g/mol. The topological polar surface area (TPSA) is 37.3 Å². The molecule has 1 N–H and O–H groups in total. The van der Waals surface area contributed by atoms with Crippen LogP contribution in [-0.2, 0) is 0 Å². The van der Waals surface area contributed by atoms with Crippen LogP contribution in [0.15, 0.2) is 44.8 Å². The van der Waals surface area contributed by atoms with Gasteiger partial charge in [-0.25, -0.2) is 9.18 Å². The summed E-state index contributed by atoms with van der Waals surface area (Å²) in [5, 5.41) is 10.3. The molecular weight excluding hydrogens is 247 g/mol. The number of aromatic carboxylic acids is 1. The summed E-state index contributed by atoms with van der Waals surface area (Å²) < 4.78 is 13.5. The Kier molecular flexibility index (Phi) is 3.26. The van der Waals surface area contributed by atoms with Crippen molar-refractivity contribution in [1.29, 1.82) is 0 Å². The van der Waals surface area contributed by atoms with Gasteiger partial charge in [-0.2, -0.15) is 0 Å². The van der Waals surface area contributed by atoms with Gasteiger partial charge in [0.2, 0.25) is 0 Å². The van der Waals surface area contributed by atoms with Gasteiger partial charge in [0.1, 0.15) is 5.82 Å². The molecule has 2 aromatic rings. The number of hydrogen-bond donors (Lipinski definition) is 1. The summed E-state index contributed by atoms with van der Waals surface area (Å²) in [4.78, 5) is 11.5. The normalized spacial score (nSPS) is 10.3. The Morgan fingerprint density at radius 1 is 1.31 bits per heavy atom. The number of hydrogen-bond acceptors (Lipinski definition) is 3. The van der Waals surface area contributed by atoms with Gasteiger partial charge >= 0.3 is 5.97 Å². The molecule has 0 radical (unpaired) electrons. The minimum absolute atomic E-state index is 0.276. The summed E-state index contributed by atoms with van der Waals surface area (Å²) in [6, 6.07) is 7.71. The molecule has 0 spiro atoms. The lowest BCUT2D eigenvalue weighted by molar-refractivity contribution is 0.0697. The lowest BCUT2D eigenvalue weighted by Gasteiger charge is -1.97. The molecule has 2 nitrogen and oxygen atoms in total. The third-order valence-corrected chi connectivity index (χ3v) is 3.94. The monoisotopic (exact) mass is 254 g/mol. The van der Waals surface area contributed by atoms with Crippen LogP contribution in [0.25, 0.3) is 0 Å². The Morgan fingerprint density at radius 2 is 2.00 bits per heavy atom. The van der Waals surface area contributed by atoms with E-state index in [1.807, 2.05) is 0 Å². The maximum absolute atomic E-state index is 12.7. The van der Waals surface area contributed by atoms with Crippen molar-refractivity contribution < 1.29 is 14.3 Å². The predicted molar refractivity (Wildman–Crippen MR) is 61.8 cm³/mol. The van der Waals surface area contributed by atoms with Crippen molar-refractivity contribution in [1.82, 2.24) is 0 Å². The van der Waals surface area contributed by atoms with E-state index in [2.05, 4.69) is 0 Å². The first kappa shape index (κ1) is 11.2. The molecule has 1 aromatic carbocycles. The van der Waals surface area contributed by atoms with Crippen molar-refractivity contribution in [2.24, 2.45) is 0 Å². The molecule has 0 amide bonds. The first-order valence-corrected chi connectivity index (χ1v) is 6.10. The van der Waals surface area contributed by atoms with Crippen LogP contribution in [0.4, 0.5) is 4.39 Å². The summed E-state index contributed by atoms with van der Waals surface area (Å²) in [7, 11) is 0. The molecule has 0 fully saturated rings. The summed E-state index contributed by atoms with van der Waals surface area (Å²) in [6.07, 6.45) is 0. The Labute approximate surface area is 99.7 Å². The fourth-order valence-electron chi connectivity index (χ4n) is 1.10. The second-order valence-corrected chi connectivity index (χ2v) is 5.30. The zero-order chi connectivity index (χ0) is 11.5. The molecule has 0 aliphatic rings. The van der Waals surface area contributed by atoms with Gasteiger partial charge in [-0.1, -0.05) is 11.8 Å². The van der Waals surface area contributed by atoms with E-state index < -0.39 is 5.97 Å². The molecule has 0 atom stereocenters. The Balaban J connectivity index is 2.14. The second-order valence-electron chi connectivity index (χ2n) is 3.02. The molecule has 16 heavy (non-hydrogen) atoms. The number of rotatable bonds is 3. The lowest BCUT2D eigenvalue weighted by atomic mass is 10.3. The lowest BCUT2D eigenvalue weighted by Crippen LogP contribution is -1.91. The minimum Gasteiger partial charge on any atom is -0.478 e. The van der Waals surface area contributed by atoms with Gasteiger partial charge in [0, 0.05) is 10.3 Å². The molecule has 0 bridgehead atoms. The third-order valence-electron chi connectivity index (χ3n) is 1.85. The fraction of sp³-hybridized carbons (Fsp3) is 0. The van der Waals surface area contributed by atoms with E-state index in [1.165, 1.54) is 35.2 Å². The van der Waals surface area contributed by atoms with E-state index in [-0.39, 0.29) is 11.4 Å². The molecule has 5 heteroatoms. The summed E-state index contributed by atoms with van der Waals surface area (Å²) in [5.41, 5.74) is 0.287. The van der Waals surface area contributed by atoms with Crippen molar-refractivity contribution >= 4 is 29.1 Å². The molecule has 0 aliphatic heterocycles. The van der Waals surface area contributed by atoms with E-state index in [1.54, 1.807) is 23.6 Å². The molecule has 0 unspecified atom stereocenters. The van der Waals surface area contributed by atoms with Crippen LogP contribution in [0.2, 0.25) is 0 Å². The maximum Gasteiger partial charge on any atom is 0.336 e. The highest BCUT2D eigenvalue weighted by atomic mass is 32.2. The Hall–Kier alpha value is -1.33. The number of carboxylic acid groups (broad SMARTS) is 1. The number of carbonyl (C=O) groups is 1. The molecule has 0 saturated heterocycles. The SMILES string of the molecule is O=C(O)c1csc(Sc2ccc(F)cc2)c1. The zero-order valence-electron chi connectivity index (χ0n) is 8.01. The molecule has 1 aromatic heterocycles. The largest absolute Gasteiger partial charge is 0.478 e. The van der Waals surface area contributed by atoms with E-state index in [0.29, 0.717) is 0 Å². The maximum atomic E-state index is 12.7. The summed E-state index contributed by atoms with van der Waals surface area (Å²) in [6.45, 7) is 0. The number of benzene rings is 1. The molecule has 1 heterocycles. The standard InChI is InChI=1S/C11H7FO2S2/c12-8-1-3-9(4-2-8)16-10-5-7(6-15-10)11(13)14/h1-6H,(H,13,14). The number of carboxylic acids is 1. The predicted octanol–water partition coefficient (Wildman–Crippen LogP) is 3.74. The van der Waals surface area contributed by atoms with Crippen LogP contribution in [0.3, 0.4) is 0 Å². The molecular formula is C11H7FO2S2. The van der Waals surface area contributed by atoms with Crippen LogP contribution in [0, 0.1) is 5.82 Å². The Morgan fingerprint density at radius 3 is 2.56 bits per heavy atom. The quantitative estimate of drug-likeness (QED) is 0.906. The second kappa shape index (κ2) is 4.67. The van der Waals surface area contributed by atoms with Gasteiger partial charge in [0.05, 0.1) is 9.77 Å². The van der Waals surface area contributed by atoms with Crippen LogP contribution in [-0.4, -0.2) is 11.1 Å². The minimum atomic E-state index is -0.929. The van der Waals surface area contributed by atoms with Crippen LogP contribution in [0.5, 0.6) is 0 Å². The van der Waals surface area contributed by atoms with Crippen LogP contribution in [0.1, 0.15) is 10.4 Å². The number of thiophene rings is 1. The first-order valence-electron chi connectivity index (χ1n) is 4.40. The van der Waals surface area contributed by atoms with E-state index >= 15 is 0 Å². The van der Waals surface area contributed by atoms with E-state index in [9.17, 15) is 9.18 Å². The molecule has 82 valence electrons. The van der Waals surface area contributed by atoms with Gasteiger partial charge < -0.3 is 5.11 Å². The first-order chi connectivity index (χ1) is 7.65. The van der Waals surface area contributed by atoms with Crippen molar-refractivity contribution in [2.75, 3.05) is 0 Å². The van der Waals surface area contributed by atoms with Gasteiger partial charge in [-0.3, -0.25) is 0 Å². The van der Waals surface area contributed by atoms with E-state index in [4.69, 9.17) is 5.11 Å². The highest BCUT2D eigenvalue weighted by Gasteiger charge is 2.07. The van der Waals surface area contributed by atoms with Crippen LogP contribution < -0.4 is 0 Å². The molecule has 0 aliphatic carbocycles. The van der Waals surface area contributed by atoms with Gasteiger partial charge in [-0.05, 0) is 30.3 Å². The van der Waals surface area contributed by atoms with Crippen LogP contribution >= 0.6 is 23.1 Å². The zero-order valence-corrected chi connectivity index (χ0v) is 9.65. The van der Waals surface area contributed by atoms with Gasteiger partial charge in [-0.15, -0.1) is 11.3 Å². The van der Waals surface area contributed by atoms with Crippen molar-refractivity contribution in [3.8, 4) is 0 Å². The molecule has 0 saturated carbocycles.